The van der Waals surface area contributed by atoms with Gasteiger partial charge in [-0.15, -0.1) is 0 Å². The number of aliphatic hydroxyl groups is 1. The van der Waals surface area contributed by atoms with Gasteiger partial charge in [0.2, 0.25) is 0 Å². The molecule has 0 saturated heterocycles. The molecule has 3 nitrogen and oxygen atoms in total. The quantitative estimate of drug-likeness (QED) is 0.794. The minimum absolute atomic E-state index is 0.0589. The third kappa shape index (κ3) is 2.05. The van der Waals surface area contributed by atoms with E-state index in [1.807, 2.05) is 31.2 Å². The van der Waals surface area contributed by atoms with Crippen LogP contribution in [0.15, 0.2) is 24.3 Å². The zero-order valence-corrected chi connectivity index (χ0v) is 8.78. The van der Waals surface area contributed by atoms with E-state index in [1.54, 1.807) is 14.2 Å². The highest BCUT2D eigenvalue weighted by atomic mass is 16.5. The maximum absolute atomic E-state index is 9.24. The first-order valence-corrected chi connectivity index (χ1v) is 4.47. The predicted octanol–water partition coefficient (Wildman–Crippen LogP) is 1.55. The van der Waals surface area contributed by atoms with Gasteiger partial charge in [0, 0.05) is 7.11 Å². The van der Waals surface area contributed by atoms with Gasteiger partial charge in [-0.1, -0.05) is 12.1 Å². The molecule has 1 atom stereocenters. The molecule has 14 heavy (non-hydrogen) atoms. The summed E-state index contributed by atoms with van der Waals surface area (Å²) in [5.41, 5.74) is 0.246. The average Bonchev–Trinajstić information content (AvgIpc) is 2.28. The van der Waals surface area contributed by atoms with Crippen molar-refractivity contribution in [1.29, 1.82) is 0 Å². The summed E-state index contributed by atoms with van der Waals surface area (Å²) in [6.45, 7) is 1.78. The Labute approximate surface area is 84.3 Å². The van der Waals surface area contributed by atoms with Crippen molar-refractivity contribution in [3.8, 4) is 5.75 Å². The number of benzene rings is 1. The molecule has 3 heteroatoms. The van der Waals surface area contributed by atoms with Crippen LogP contribution >= 0.6 is 0 Å². The first-order chi connectivity index (χ1) is 6.66. The first kappa shape index (κ1) is 11.0. The molecule has 0 saturated carbocycles. The van der Waals surface area contributed by atoms with Gasteiger partial charge in [0.05, 0.1) is 13.7 Å². The van der Waals surface area contributed by atoms with Crippen LogP contribution in [0.1, 0.15) is 12.5 Å². The monoisotopic (exact) mass is 196 g/mol. The van der Waals surface area contributed by atoms with Crippen LogP contribution < -0.4 is 4.74 Å². The molecule has 0 heterocycles. The SMILES string of the molecule is COc1cccc(C(C)(CO)OC)c1. The molecule has 0 aliphatic rings. The number of ether oxygens (including phenoxy) is 2. The zero-order chi connectivity index (χ0) is 10.6. The second-order valence-corrected chi connectivity index (χ2v) is 3.33. The Bertz CT molecular complexity index is 292. The molecule has 0 spiro atoms. The highest BCUT2D eigenvalue weighted by molar-refractivity contribution is 5.32. The topological polar surface area (TPSA) is 38.7 Å². The molecule has 0 fully saturated rings. The van der Waals surface area contributed by atoms with E-state index in [0.29, 0.717) is 0 Å². The summed E-state index contributed by atoms with van der Waals surface area (Å²) in [4.78, 5) is 0. The van der Waals surface area contributed by atoms with E-state index < -0.39 is 5.60 Å². The average molecular weight is 196 g/mol. The summed E-state index contributed by atoms with van der Waals surface area (Å²) in [6.07, 6.45) is 0. The van der Waals surface area contributed by atoms with Crippen molar-refractivity contribution in [2.45, 2.75) is 12.5 Å². The van der Waals surface area contributed by atoms with Crippen LogP contribution in [-0.2, 0) is 10.3 Å². The Morgan fingerprint density at radius 2 is 2.07 bits per heavy atom. The van der Waals surface area contributed by atoms with Gasteiger partial charge in [0.1, 0.15) is 11.4 Å². The second kappa shape index (κ2) is 4.44. The van der Waals surface area contributed by atoms with Crippen LogP contribution in [0.25, 0.3) is 0 Å². The van der Waals surface area contributed by atoms with Crippen molar-refractivity contribution in [3.63, 3.8) is 0 Å². The van der Waals surface area contributed by atoms with Gasteiger partial charge in [-0.05, 0) is 24.6 Å². The highest BCUT2D eigenvalue weighted by Crippen LogP contribution is 2.26. The minimum Gasteiger partial charge on any atom is -0.497 e. The van der Waals surface area contributed by atoms with Gasteiger partial charge in [-0.3, -0.25) is 0 Å². The van der Waals surface area contributed by atoms with E-state index in [0.717, 1.165) is 11.3 Å². The molecule has 1 rings (SSSR count). The number of hydrogen-bond acceptors (Lipinski definition) is 3. The van der Waals surface area contributed by atoms with Gasteiger partial charge < -0.3 is 14.6 Å². The summed E-state index contributed by atoms with van der Waals surface area (Å²) in [7, 11) is 3.19. The summed E-state index contributed by atoms with van der Waals surface area (Å²) in [5, 5.41) is 9.24. The maximum atomic E-state index is 9.24. The fraction of sp³-hybridized carbons (Fsp3) is 0.455. The van der Waals surface area contributed by atoms with Gasteiger partial charge in [0.25, 0.3) is 0 Å². The summed E-state index contributed by atoms with van der Waals surface area (Å²) in [5.74, 6) is 0.763. The van der Waals surface area contributed by atoms with Gasteiger partial charge in [0.15, 0.2) is 0 Å². The Balaban J connectivity index is 3.04. The van der Waals surface area contributed by atoms with Gasteiger partial charge in [-0.25, -0.2) is 0 Å². The lowest BCUT2D eigenvalue weighted by molar-refractivity contribution is -0.0423. The summed E-state index contributed by atoms with van der Waals surface area (Å²) in [6, 6.07) is 7.50. The summed E-state index contributed by atoms with van der Waals surface area (Å²) >= 11 is 0. The van der Waals surface area contributed by atoms with Crippen LogP contribution in [0.4, 0.5) is 0 Å². The number of methoxy groups -OCH3 is 2. The standard InChI is InChI=1S/C11H16O3/c1-11(8-12,14-3)9-5-4-6-10(7-9)13-2/h4-7,12H,8H2,1-3H3. The molecule has 1 N–H and O–H groups in total. The number of rotatable bonds is 4. The van der Waals surface area contributed by atoms with Crippen LogP contribution in [0.2, 0.25) is 0 Å². The maximum Gasteiger partial charge on any atom is 0.119 e. The van der Waals surface area contributed by atoms with E-state index in [9.17, 15) is 5.11 Å². The predicted molar refractivity (Wildman–Crippen MR) is 54.4 cm³/mol. The smallest absolute Gasteiger partial charge is 0.119 e. The Kier molecular flexibility index (Phi) is 3.49. The van der Waals surface area contributed by atoms with Crippen LogP contribution in [0, 0.1) is 0 Å². The normalized spacial score (nSPS) is 14.9. The van der Waals surface area contributed by atoms with Crippen molar-refractivity contribution >= 4 is 0 Å². The molecule has 0 amide bonds. The lowest BCUT2D eigenvalue weighted by Gasteiger charge is -2.26. The van der Waals surface area contributed by atoms with Crippen LogP contribution in [0.3, 0.4) is 0 Å². The van der Waals surface area contributed by atoms with Crippen LogP contribution in [0.5, 0.6) is 5.75 Å². The molecular formula is C11H16O3. The molecule has 0 aliphatic carbocycles. The molecule has 0 aromatic heterocycles. The molecule has 1 aromatic rings. The largest absolute Gasteiger partial charge is 0.497 e. The lowest BCUT2D eigenvalue weighted by Crippen LogP contribution is -2.28. The van der Waals surface area contributed by atoms with E-state index >= 15 is 0 Å². The molecule has 1 aromatic carbocycles. The lowest BCUT2D eigenvalue weighted by atomic mass is 9.96. The molecule has 78 valence electrons. The molecule has 0 radical (unpaired) electrons. The van der Waals surface area contributed by atoms with E-state index in [4.69, 9.17) is 9.47 Å². The van der Waals surface area contributed by atoms with Gasteiger partial charge >= 0.3 is 0 Å². The fourth-order valence-electron chi connectivity index (χ4n) is 1.23. The minimum atomic E-state index is -0.658. The fourth-order valence-corrected chi connectivity index (χ4v) is 1.23. The van der Waals surface area contributed by atoms with E-state index in [2.05, 4.69) is 0 Å². The van der Waals surface area contributed by atoms with Crippen molar-refractivity contribution in [2.24, 2.45) is 0 Å². The zero-order valence-electron chi connectivity index (χ0n) is 8.78. The molecular weight excluding hydrogens is 180 g/mol. The van der Waals surface area contributed by atoms with E-state index in [1.165, 1.54) is 0 Å². The third-order valence-electron chi connectivity index (χ3n) is 2.43. The first-order valence-electron chi connectivity index (χ1n) is 4.47. The Morgan fingerprint density at radius 1 is 1.36 bits per heavy atom. The highest BCUT2D eigenvalue weighted by Gasteiger charge is 2.25. The Hall–Kier alpha value is -1.06. The number of aliphatic hydroxyl groups excluding tert-OH is 1. The van der Waals surface area contributed by atoms with Gasteiger partial charge in [-0.2, -0.15) is 0 Å². The molecule has 0 aliphatic heterocycles. The van der Waals surface area contributed by atoms with Crippen LogP contribution in [-0.4, -0.2) is 25.9 Å². The summed E-state index contributed by atoms with van der Waals surface area (Å²) < 4.78 is 10.4. The van der Waals surface area contributed by atoms with E-state index in [-0.39, 0.29) is 6.61 Å². The Morgan fingerprint density at radius 3 is 2.57 bits per heavy atom. The number of hydrogen-bond donors (Lipinski definition) is 1. The second-order valence-electron chi connectivity index (χ2n) is 3.33. The third-order valence-corrected chi connectivity index (χ3v) is 2.43. The molecule has 0 bridgehead atoms. The van der Waals surface area contributed by atoms with Crippen molar-refractivity contribution < 1.29 is 14.6 Å². The van der Waals surface area contributed by atoms with Crippen molar-refractivity contribution in [2.75, 3.05) is 20.8 Å². The molecule has 1 unspecified atom stereocenters. The van der Waals surface area contributed by atoms with Crippen molar-refractivity contribution in [1.82, 2.24) is 0 Å². The van der Waals surface area contributed by atoms with Crippen molar-refractivity contribution in [3.05, 3.63) is 29.8 Å².